The van der Waals surface area contributed by atoms with Crippen LogP contribution in [0.25, 0.3) is 0 Å². The van der Waals surface area contributed by atoms with Crippen LogP contribution in [0.15, 0.2) is 35.5 Å². The van der Waals surface area contributed by atoms with Crippen LogP contribution in [0.1, 0.15) is 77.2 Å². The highest BCUT2D eigenvalue weighted by molar-refractivity contribution is 5.95. The topological polar surface area (TPSA) is 89.5 Å². The average molecular weight is 514 g/mol. The van der Waals surface area contributed by atoms with E-state index in [-0.39, 0.29) is 35.9 Å². The first-order chi connectivity index (χ1) is 17.8. The summed E-state index contributed by atoms with van der Waals surface area (Å²) in [6, 6.07) is 5.81. The number of guanidine groups is 1. The molecule has 0 spiro atoms. The van der Waals surface area contributed by atoms with Crippen LogP contribution in [-0.4, -0.2) is 64.7 Å². The van der Waals surface area contributed by atoms with Gasteiger partial charge in [-0.05, 0) is 43.7 Å². The van der Waals surface area contributed by atoms with Crippen molar-refractivity contribution in [3.8, 4) is 6.19 Å². The Morgan fingerprint density at radius 2 is 1.78 bits per heavy atom. The minimum absolute atomic E-state index is 0.138. The number of hydrogen-bond acceptors (Lipinski definition) is 4. The summed E-state index contributed by atoms with van der Waals surface area (Å²) in [5, 5.41) is 16.5. The lowest BCUT2D eigenvalue weighted by molar-refractivity contribution is -0.138. The molecular formula is C26H30F3N7O. The van der Waals surface area contributed by atoms with Gasteiger partial charge in [0, 0.05) is 45.1 Å². The highest BCUT2D eigenvalue weighted by Gasteiger charge is 2.40. The Labute approximate surface area is 213 Å². The number of aromatic nitrogens is 2. The standard InChI is InChI=1S/C26H30F3N7O/c1-31-25(32-16-30)34-12-9-19(10-13-34)36-23(17-6-7-17)21(14-33-36)24(37)35-11-8-18(15-35)20-4-2-3-5-22(20)26(27,28)29/h2-5,14,17-19H,6-13,15H2,1H3,(H,31,32)/t18-/m1/s1. The average Bonchev–Trinajstić information content (AvgIpc) is 3.44. The number of likely N-dealkylation sites (tertiary alicyclic amines) is 2. The van der Waals surface area contributed by atoms with E-state index in [9.17, 15) is 18.0 Å². The summed E-state index contributed by atoms with van der Waals surface area (Å²) in [6.45, 7) is 2.12. The number of nitrogens with one attached hydrogen (secondary N) is 1. The number of carbonyl (C=O) groups excluding carboxylic acids is 1. The number of nitriles is 1. The number of carbonyl (C=O) groups is 1. The minimum Gasteiger partial charge on any atom is -0.358 e. The maximum atomic E-state index is 13.6. The Morgan fingerprint density at radius 1 is 1.08 bits per heavy atom. The van der Waals surface area contributed by atoms with Crippen molar-refractivity contribution in [2.24, 2.45) is 4.99 Å². The predicted octanol–water partition coefficient (Wildman–Crippen LogP) is 4.10. The van der Waals surface area contributed by atoms with Crippen LogP contribution in [0.2, 0.25) is 0 Å². The SMILES string of the molecule is CNC(=NC#N)N1CCC(n2ncc(C(=O)N3CC[C@@H](c4ccccc4C(F)(F)F)C3)c2C2CC2)CC1. The fourth-order valence-corrected chi connectivity index (χ4v) is 5.73. The minimum atomic E-state index is -4.42. The van der Waals surface area contributed by atoms with Gasteiger partial charge >= 0.3 is 6.18 Å². The van der Waals surface area contributed by atoms with E-state index in [1.165, 1.54) is 12.1 Å². The summed E-state index contributed by atoms with van der Waals surface area (Å²) >= 11 is 0. The summed E-state index contributed by atoms with van der Waals surface area (Å²) in [4.78, 5) is 21.2. The molecule has 1 aliphatic carbocycles. The molecule has 1 saturated carbocycles. The number of hydrogen-bond donors (Lipinski definition) is 1. The van der Waals surface area contributed by atoms with E-state index in [4.69, 9.17) is 5.26 Å². The monoisotopic (exact) mass is 513 g/mol. The van der Waals surface area contributed by atoms with E-state index in [1.54, 1.807) is 24.2 Å². The fraction of sp³-hybridized carbons (Fsp3) is 0.538. The van der Waals surface area contributed by atoms with E-state index < -0.39 is 11.7 Å². The Morgan fingerprint density at radius 3 is 2.43 bits per heavy atom. The Bertz CT molecular complexity index is 1220. The van der Waals surface area contributed by atoms with E-state index >= 15 is 0 Å². The molecular weight excluding hydrogens is 483 g/mol. The third-order valence-corrected chi connectivity index (χ3v) is 7.70. The van der Waals surface area contributed by atoms with Gasteiger partial charge in [-0.25, -0.2) is 0 Å². The first-order valence-electron chi connectivity index (χ1n) is 12.7. The van der Waals surface area contributed by atoms with Gasteiger partial charge in [-0.15, -0.1) is 4.99 Å². The molecule has 11 heteroatoms. The zero-order valence-electron chi connectivity index (χ0n) is 20.7. The molecule has 2 aromatic rings. The van der Waals surface area contributed by atoms with E-state index in [1.807, 2.05) is 15.8 Å². The lowest BCUT2D eigenvalue weighted by atomic mass is 9.93. The van der Waals surface area contributed by atoms with Crippen molar-refractivity contribution in [1.82, 2.24) is 24.9 Å². The van der Waals surface area contributed by atoms with Crippen LogP contribution in [-0.2, 0) is 6.18 Å². The number of aliphatic imine (C=N–C) groups is 1. The van der Waals surface area contributed by atoms with E-state index in [2.05, 4.69) is 15.4 Å². The second-order valence-electron chi connectivity index (χ2n) is 9.99. The van der Waals surface area contributed by atoms with Crippen LogP contribution < -0.4 is 5.32 Å². The van der Waals surface area contributed by atoms with Crippen molar-refractivity contribution < 1.29 is 18.0 Å². The first-order valence-corrected chi connectivity index (χ1v) is 12.7. The summed E-state index contributed by atoms with van der Waals surface area (Å²) in [6.07, 6.45) is 3.18. The number of alkyl halides is 3. The van der Waals surface area contributed by atoms with Crippen LogP contribution in [0.3, 0.4) is 0 Å². The summed E-state index contributed by atoms with van der Waals surface area (Å²) in [7, 11) is 1.74. The van der Waals surface area contributed by atoms with E-state index in [0.717, 1.165) is 37.4 Å². The molecule has 8 nitrogen and oxygen atoms in total. The number of amides is 1. The van der Waals surface area contributed by atoms with Crippen LogP contribution in [0.5, 0.6) is 0 Å². The van der Waals surface area contributed by atoms with Gasteiger partial charge in [0.1, 0.15) is 0 Å². The maximum absolute atomic E-state index is 13.6. The molecule has 3 fully saturated rings. The second kappa shape index (κ2) is 10.1. The number of benzene rings is 1. The molecule has 0 bridgehead atoms. The summed E-state index contributed by atoms with van der Waals surface area (Å²) in [5.41, 5.74) is 1.18. The molecule has 3 heterocycles. The molecule has 1 amide bonds. The molecule has 5 rings (SSSR count). The number of nitrogens with zero attached hydrogens (tertiary/aromatic N) is 6. The van der Waals surface area contributed by atoms with Gasteiger partial charge < -0.3 is 15.1 Å². The van der Waals surface area contributed by atoms with Crippen molar-refractivity contribution in [2.75, 3.05) is 33.2 Å². The van der Waals surface area contributed by atoms with Gasteiger partial charge in [0.25, 0.3) is 5.91 Å². The largest absolute Gasteiger partial charge is 0.416 e. The number of halogens is 3. The third kappa shape index (κ3) is 5.02. The maximum Gasteiger partial charge on any atom is 0.416 e. The predicted molar refractivity (Wildman–Crippen MR) is 131 cm³/mol. The molecule has 0 radical (unpaired) electrons. The highest BCUT2D eigenvalue weighted by atomic mass is 19.4. The molecule has 1 aromatic carbocycles. The normalized spacial score (nSPS) is 21.3. The molecule has 1 N–H and O–H groups in total. The smallest absolute Gasteiger partial charge is 0.358 e. The number of piperidine rings is 1. The Kier molecular flexibility index (Phi) is 6.84. The molecule has 2 saturated heterocycles. The van der Waals surface area contributed by atoms with Crippen molar-refractivity contribution in [2.45, 2.75) is 56.2 Å². The van der Waals surface area contributed by atoms with Crippen molar-refractivity contribution >= 4 is 11.9 Å². The van der Waals surface area contributed by atoms with Gasteiger partial charge in [-0.3, -0.25) is 9.48 Å². The van der Waals surface area contributed by atoms with Gasteiger partial charge in [0.05, 0.1) is 29.1 Å². The fourth-order valence-electron chi connectivity index (χ4n) is 5.73. The third-order valence-electron chi connectivity index (χ3n) is 7.70. The highest BCUT2D eigenvalue weighted by Crippen LogP contribution is 2.44. The van der Waals surface area contributed by atoms with Crippen LogP contribution in [0.4, 0.5) is 13.2 Å². The molecule has 2 aliphatic heterocycles. The Balaban J connectivity index is 1.32. The molecule has 1 aromatic heterocycles. The second-order valence-corrected chi connectivity index (χ2v) is 9.99. The molecule has 37 heavy (non-hydrogen) atoms. The number of rotatable bonds is 4. The Hall–Kier alpha value is -3.55. The van der Waals surface area contributed by atoms with Crippen molar-refractivity contribution in [3.63, 3.8) is 0 Å². The summed E-state index contributed by atoms with van der Waals surface area (Å²) < 4.78 is 42.7. The molecule has 196 valence electrons. The lowest BCUT2D eigenvalue weighted by Gasteiger charge is -2.34. The van der Waals surface area contributed by atoms with Crippen LogP contribution >= 0.6 is 0 Å². The molecule has 3 aliphatic rings. The zero-order chi connectivity index (χ0) is 26.2. The molecule has 0 unspecified atom stereocenters. The first kappa shape index (κ1) is 25.1. The van der Waals surface area contributed by atoms with Gasteiger partial charge in [0.15, 0.2) is 0 Å². The zero-order valence-corrected chi connectivity index (χ0v) is 20.7. The van der Waals surface area contributed by atoms with Gasteiger partial charge in [-0.2, -0.15) is 23.5 Å². The van der Waals surface area contributed by atoms with Gasteiger partial charge in [-0.1, -0.05) is 18.2 Å². The quantitative estimate of drug-likeness (QED) is 0.378. The van der Waals surface area contributed by atoms with Crippen molar-refractivity contribution in [1.29, 1.82) is 5.26 Å². The van der Waals surface area contributed by atoms with Crippen molar-refractivity contribution in [3.05, 3.63) is 52.8 Å². The lowest BCUT2D eigenvalue weighted by Crippen LogP contribution is -2.44. The summed E-state index contributed by atoms with van der Waals surface area (Å²) in [5.74, 6) is 0.352. The van der Waals surface area contributed by atoms with Gasteiger partial charge in [0.2, 0.25) is 12.2 Å². The molecule has 1 atom stereocenters. The van der Waals surface area contributed by atoms with Crippen LogP contribution in [0, 0.1) is 11.5 Å². The van der Waals surface area contributed by atoms with E-state index in [0.29, 0.717) is 37.6 Å².